The Morgan fingerprint density at radius 2 is 1.89 bits per heavy atom. The summed E-state index contributed by atoms with van der Waals surface area (Å²) in [5.74, 6) is 0.0421. The first-order chi connectivity index (χ1) is 17.1. The van der Waals surface area contributed by atoms with Crippen molar-refractivity contribution in [2.24, 2.45) is 0 Å². The number of nitriles is 1. The van der Waals surface area contributed by atoms with Gasteiger partial charge in [0.1, 0.15) is 24.2 Å². The first-order valence-electron chi connectivity index (χ1n) is 11.2. The van der Waals surface area contributed by atoms with Crippen LogP contribution in [0.2, 0.25) is 5.02 Å². The maximum Gasteiger partial charge on any atom is 0.153 e. The maximum absolute atomic E-state index is 10.9. The molecule has 0 unspecified atom stereocenters. The molecule has 0 saturated heterocycles. The second-order valence-electron chi connectivity index (χ2n) is 8.10. The van der Waals surface area contributed by atoms with Crippen LogP contribution in [0.4, 0.5) is 0 Å². The smallest absolute Gasteiger partial charge is 0.153 e. The van der Waals surface area contributed by atoms with Gasteiger partial charge in [-0.2, -0.15) is 5.26 Å². The van der Waals surface area contributed by atoms with Crippen molar-refractivity contribution in [3.05, 3.63) is 112 Å². The monoisotopic (exact) mass is 482 g/mol. The van der Waals surface area contributed by atoms with Gasteiger partial charge in [-0.3, -0.25) is 9.78 Å². The minimum absolute atomic E-state index is 0.0765. The summed E-state index contributed by atoms with van der Waals surface area (Å²) in [5.41, 5.74) is 7.25. The second kappa shape index (κ2) is 11.3. The molecular formula is C29H23ClN2O3. The standard InChI is InChI=1S/C15H14.C14H9ClN2O3/c1-2-6-12(7-3-1)14-10-4-8-13-9-5-11-15(13)14;15-12-2-11(7-18)14(3-13(12)19)20-8-10-1-9(4-16)5-17-6-10/h1-4,6-8,10H,5,9,11H2;1-3,5-7,19H,8H2. The van der Waals surface area contributed by atoms with Gasteiger partial charge in [-0.25, -0.2) is 0 Å². The topological polar surface area (TPSA) is 83.2 Å². The van der Waals surface area contributed by atoms with Gasteiger partial charge in [-0.1, -0.05) is 60.1 Å². The average Bonchev–Trinajstić information content (AvgIpc) is 3.39. The van der Waals surface area contributed by atoms with Crippen molar-refractivity contribution in [1.29, 1.82) is 5.26 Å². The van der Waals surface area contributed by atoms with Crippen molar-refractivity contribution in [2.75, 3.05) is 0 Å². The molecule has 3 aromatic carbocycles. The molecule has 1 aliphatic rings. The Bertz CT molecular complexity index is 1380. The number of hydrogen-bond donors (Lipinski definition) is 1. The fourth-order valence-electron chi connectivity index (χ4n) is 4.07. The Hall–Kier alpha value is -4.14. The van der Waals surface area contributed by atoms with Crippen LogP contribution in [0.5, 0.6) is 11.5 Å². The molecule has 0 saturated carbocycles. The van der Waals surface area contributed by atoms with Crippen LogP contribution in [-0.4, -0.2) is 16.4 Å². The van der Waals surface area contributed by atoms with Gasteiger partial charge in [0, 0.05) is 24.0 Å². The summed E-state index contributed by atoms with van der Waals surface area (Å²) in [6, 6.07) is 23.6. The molecular weight excluding hydrogens is 460 g/mol. The lowest BCUT2D eigenvalue weighted by atomic mass is 9.97. The predicted octanol–water partition coefficient (Wildman–Crippen LogP) is 6.55. The number of ether oxygens (including phenoxy) is 1. The Kier molecular flexibility index (Phi) is 7.77. The van der Waals surface area contributed by atoms with E-state index < -0.39 is 0 Å². The van der Waals surface area contributed by atoms with Crippen LogP contribution in [0.25, 0.3) is 11.1 Å². The fourth-order valence-corrected chi connectivity index (χ4v) is 4.24. The zero-order valence-corrected chi connectivity index (χ0v) is 19.7. The van der Waals surface area contributed by atoms with Crippen molar-refractivity contribution >= 4 is 17.9 Å². The lowest BCUT2D eigenvalue weighted by molar-refractivity contribution is 0.111. The number of aryl methyl sites for hydroxylation is 1. The third-order valence-corrected chi connectivity index (χ3v) is 6.06. The van der Waals surface area contributed by atoms with E-state index in [9.17, 15) is 9.90 Å². The molecule has 4 aromatic rings. The molecule has 0 amide bonds. The third-order valence-electron chi connectivity index (χ3n) is 5.76. The number of aromatic hydroxyl groups is 1. The van der Waals surface area contributed by atoms with E-state index in [1.807, 2.05) is 6.07 Å². The number of phenols is 1. The first kappa shape index (κ1) is 24.0. The predicted molar refractivity (Wildman–Crippen MR) is 136 cm³/mol. The number of aldehydes is 1. The summed E-state index contributed by atoms with van der Waals surface area (Å²) in [4.78, 5) is 14.8. The molecule has 0 bridgehead atoms. The third kappa shape index (κ3) is 5.87. The number of aromatic nitrogens is 1. The largest absolute Gasteiger partial charge is 0.506 e. The van der Waals surface area contributed by atoms with Crippen LogP contribution in [0.15, 0.2) is 79.1 Å². The SMILES string of the molecule is N#Cc1cncc(COc2cc(O)c(Cl)cc2C=O)c1.c1ccc(-c2cccc3c2CCC3)cc1. The van der Waals surface area contributed by atoms with Gasteiger partial charge < -0.3 is 9.84 Å². The number of benzene rings is 3. The van der Waals surface area contributed by atoms with Crippen LogP contribution >= 0.6 is 11.6 Å². The molecule has 174 valence electrons. The van der Waals surface area contributed by atoms with E-state index in [0.29, 0.717) is 17.4 Å². The van der Waals surface area contributed by atoms with Crippen molar-refractivity contribution in [3.8, 4) is 28.7 Å². The highest BCUT2D eigenvalue weighted by Gasteiger charge is 2.14. The summed E-state index contributed by atoms with van der Waals surface area (Å²) in [6.45, 7) is 0.116. The van der Waals surface area contributed by atoms with Crippen molar-refractivity contribution in [1.82, 2.24) is 4.98 Å². The van der Waals surface area contributed by atoms with Crippen LogP contribution in [-0.2, 0) is 19.4 Å². The van der Waals surface area contributed by atoms with Gasteiger partial charge in [0.15, 0.2) is 6.29 Å². The molecule has 0 aliphatic heterocycles. The Balaban J connectivity index is 0.000000171. The molecule has 35 heavy (non-hydrogen) atoms. The number of rotatable bonds is 5. The van der Waals surface area contributed by atoms with E-state index in [1.54, 1.807) is 23.4 Å². The molecule has 1 heterocycles. The molecule has 6 heteroatoms. The van der Waals surface area contributed by atoms with E-state index >= 15 is 0 Å². The highest BCUT2D eigenvalue weighted by Crippen LogP contribution is 2.32. The lowest BCUT2D eigenvalue weighted by Gasteiger charge is -2.09. The van der Waals surface area contributed by atoms with Gasteiger partial charge in [0.25, 0.3) is 0 Å². The van der Waals surface area contributed by atoms with Gasteiger partial charge >= 0.3 is 0 Å². The van der Waals surface area contributed by atoms with Gasteiger partial charge in [0.2, 0.25) is 0 Å². The zero-order chi connectivity index (χ0) is 24.6. The Labute approximate surface area is 209 Å². The number of carbonyl (C=O) groups is 1. The lowest BCUT2D eigenvalue weighted by Crippen LogP contribution is -1.99. The number of carbonyl (C=O) groups excluding carboxylic acids is 1. The van der Waals surface area contributed by atoms with E-state index in [-0.39, 0.29) is 28.7 Å². The van der Waals surface area contributed by atoms with Gasteiger partial charge in [-0.15, -0.1) is 0 Å². The summed E-state index contributed by atoms with van der Waals surface area (Å²) in [6.07, 6.45) is 7.41. The molecule has 1 aliphatic carbocycles. The molecule has 0 spiro atoms. The Morgan fingerprint density at radius 3 is 2.66 bits per heavy atom. The quantitative estimate of drug-likeness (QED) is 0.326. The second-order valence-corrected chi connectivity index (χ2v) is 8.51. The molecule has 1 N–H and O–H groups in total. The number of pyridine rings is 1. The van der Waals surface area contributed by atoms with Crippen LogP contribution in [0, 0.1) is 11.3 Å². The zero-order valence-electron chi connectivity index (χ0n) is 18.9. The number of halogens is 1. The maximum atomic E-state index is 10.9. The molecule has 5 rings (SSSR count). The molecule has 1 aromatic heterocycles. The van der Waals surface area contributed by atoms with E-state index in [0.717, 1.165) is 0 Å². The van der Waals surface area contributed by atoms with Crippen molar-refractivity contribution < 1.29 is 14.6 Å². The Morgan fingerprint density at radius 1 is 1.06 bits per heavy atom. The summed E-state index contributed by atoms with van der Waals surface area (Å²) < 4.78 is 5.45. The number of hydrogen-bond acceptors (Lipinski definition) is 5. The molecule has 0 atom stereocenters. The number of phenolic OH excluding ortho intramolecular Hbond substituents is 1. The first-order valence-corrected chi connectivity index (χ1v) is 11.6. The van der Waals surface area contributed by atoms with Gasteiger partial charge in [0.05, 0.1) is 16.1 Å². The van der Waals surface area contributed by atoms with E-state index in [2.05, 4.69) is 53.5 Å². The average molecular weight is 483 g/mol. The van der Waals surface area contributed by atoms with Crippen molar-refractivity contribution in [2.45, 2.75) is 25.9 Å². The fraction of sp³-hybridized carbons (Fsp3) is 0.138. The summed E-state index contributed by atoms with van der Waals surface area (Å²) in [7, 11) is 0. The van der Waals surface area contributed by atoms with Gasteiger partial charge in [-0.05, 0) is 53.6 Å². The molecule has 5 nitrogen and oxygen atoms in total. The summed E-state index contributed by atoms with van der Waals surface area (Å²) >= 11 is 5.71. The highest BCUT2D eigenvalue weighted by atomic mass is 35.5. The number of fused-ring (bicyclic) bond motifs is 1. The van der Waals surface area contributed by atoms with Crippen LogP contribution < -0.4 is 4.74 Å². The minimum atomic E-state index is -0.170. The van der Waals surface area contributed by atoms with Crippen molar-refractivity contribution in [3.63, 3.8) is 0 Å². The normalized spacial score (nSPS) is 11.5. The number of nitrogens with zero attached hydrogens (tertiary/aromatic N) is 2. The minimum Gasteiger partial charge on any atom is -0.506 e. The molecule has 0 radical (unpaired) electrons. The van der Waals surface area contributed by atoms with Crippen LogP contribution in [0.1, 0.15) is 39.0 Å². The summed E-state index contributed by atoms with van der Waals surface area (Å²) in [5, 5.41) is 18.4. The van der Waals surface area contributed by atoms with E-state index in [1.165, 1.54) is 48.7 Å². The molecule has 0 fully saturated rings. The van der Waals surface area contributed by atoms with Crippen LogP contribution in [0.3, 0.4) is 0 Å². The highest BCUT2D eigenvalue weighted by molar-refractivity contribution is 6.32. The van der Waals surface area contributed by atoms with E-state index in [4.69, 9.17) is 21.6 Å².